The van der Waals surface area contributed by atoms with E-state index in [1.807, 2.05) is 10.6 Å². The molecule has 0 spiro atoms. The molecule has 8 heteroatoms. The molecule has 0 fully saturated rings. The first kappa shape index (κ1) is 18.1. The number of benzene rings is 1. The largest absolute Gasteiger partial charge is 0.369 e. The van der Waals surface area contributed by atoms with Crippen LogP contribution in [-0.4, -0.2) is 25.9 Å². The van der Waals surface area contributed by atoms with E-state index in [4.69, 9.17) is 28.9 Å². The molecular weight excluding hydrogens is 355 g/mol. The van der Waals surface area contributed by atoms with E-state index >= 15 is 0 Å². The highest BCUT2D eigenvalue weighted by Crippen LogP contribution is 2.32. The molecule has 5 nitrogen and oxygen atoms in total. The molecular formula is C15H18Cl2N4OS. The van der Waals surface area contributed by atoms with Crippen LogP contribution in [0.5, 0.6) is 0 Å². The predicted octanol–water partition coefficient (Wildman–Crippen LogP) is 3.87. The number of thioether (sulfide) groups is 1. The molecule has 0 unspecified atom stereocenters. The summed E-state index contributed by atoms with van der Waals surface area (Å²) in [6.07, 6.45) is 0. The molecule has 2 aromatic rings. The third-order valence-electron chi connectivity index (χ3n) is 3.12. The van der Waals surface area contributed by atoms with Crippen LogP contribution in [0.15, 0.2) is 23.4 Å². The Kier molecular flexibility index (Phi) is 5.95. The SMILES string of the molecule is CC(C)Cn1c(S[C@H](C)C(N)=O)nnc1-c1ccc(Cl)cc1Cl. The number of nitrogens with zero attached hydrogens (tertiary/aromatic N) is 3. The monoisotopic (exact) mass is 372 g/mol. The Morgan fingerprint density at radius 3 is 2.57 bits per heavy atom. The Balaban J connectivity index is 2.47. The zero-order chi connectivity index (χ0) is 17.1. The fraction of sp³-hybridized carbons (Fsp3) is 0.400. The second kappa shape index (κ2) is 7.55. The molecule has 0 aliphatic rings. The molecule has 0 bridgehead atoms. The summed E-state index contributed by atoms with van der Waals surface area (Å²) in [7, 11) is 0. The van der Waals surface area contributed by atoms with Crippen LogP contribution in [-0.2, 0) is 11.3 Å². The van der Waals surface area contributed by atoms with Crippen molar-refractivity contribution in [2.24, 2.45) is 11.7 Å². The van der Waals surface area contributed by atoms with Crippen LogP contribution in [0.25, 0.3) is 11.4 Å². The highest BCUT2D eigenvalue weighted by Gasteiger charge is 2.21. The van der Waals surface area contributed by atoms with Crippen LogP contribution in [0.3, 0.4) is 0 Å². The molecule has 1 heterocycles. The lowest BCUT2D eigenvalue weighted by molar-refractivity contribution is -0.117. The van der Waals surface area contributed by atoms with Gasteiger partial charge in [0.15, 0.2) is 11.0 Å². The van der Waals surface area contributed by atoms with Gasteiger partial charge in [-0.25, -0.2) is 0 Å². The molecule has 1 atom stereocenters. The number of nitrogens with two attached hydrogens (primary N) is 1. The average Bonchev–Trinajstić information content (AvgIpc) is 2.81. The minimum absolute atomic E-state index is 0.374. The molecule has 0 radical (unpaired) electrons. The van der Waals surface area contributed by atoms with Crippen LogP contribution in [0.4, 0.5) is 0 Å². The molecule has 0 aliphatic heterocycles. The molecule has 1 amide bonds. The van der Waals surface area contributed by atoms with Gasteiger partial charge in [0.2, 0.25) is 5.91 Å². The molecule has 0 aliphatic carbocycles. The lowest BCUT2D eigenvalue weighted by atomic mass is 10.2. The van der Waals surface area contributed by atoms with Crippen molar-refractivity contribution in [3.8, 4) is 11.4 Å². The molecule has 0 saturated carbocycles. The summed E-state index contributed by atoms with van der Waals surface area (Å²) in [5, 5.41) is 9.79. The first-order valence-corrected chi connectivity index (χ1v) is 8.77. The lowest BCUT2D eigenvalue weighted by Gasteiger charge is -2.14. The Morgan fingerprint density at radius 1 is 1.30 bits per heavy atom. The topological polar surface area (TPSA) is 73.8 Å². The van der Waals surface area contributed by atoms with E-state index < -0.39 is 5.25 Å². The maximum Gasteiger partial charge on any atom is 0.230 e. The Labute approximate surface area is 149 Å². The number of hydrogen-bond acceptors (Lipinski definition) is 4. The van der Waals surface area contributed by atoms with Gasteiger partial charge in [-0.2, -0.15) is 0 Å². The number of rotatable bonds is 6. The first-order chi connectivity index (χ1) is 10.8. The van der Waals surface area contributed by atoms with E-state index in [0.29, 0.717) is 33.5 Å². The molecule has 1 aromatic carbocycles. The molecule has 2 rings (SSSR count). The zero-order valence-electron chi connectivity index (χ0n) is 13.1. The summed E-state index contributed by atoms with van der Waals surface area (Å²) >= 11 is 13.5. The van der Waals surface area contributed by atoms with Gasteiger partial charge in [0, 0.05) is 17.1 Å². The van der Waals surface area contributed by atoms with Crippen molar-refractivity contribution in [2.45, 2.75) is 37.7 Å². The van der Waals surface area contributed by atoms with E-state index in [1.54, 1.807) is 19.1 Å². The van der Waals surface area contributed by atoms with Crippen molar-refractivity contribution in [1.82, 2.24) is 14.8 Å². The third kappa shape index (κ3) is 4.40. The van der Waals surface area contributed by atoms with Gasteiger partial charge in [0.25, 0.3) is 0 Å². The van der Waals surface area contributed by atoms with Crippen molar-refractivity contribution in [3.63, 3.8) is 0 Å². The van der Waals surface area contributed by atoms with Crippen molar-refractivity contribution in [1.29, 1.82) is 0 Å². The van der Waals surface area contributed by atoms with Crippen LogP contribution in [0.1, 0.15) is 20.8 Å². The van der Waals surface area contributed by atoms with Crippen molar-refractivity contribution < 1.29 is 4.79 Å². The van der Waals surface area contributed by atoms with Gasteiger partial charge in [-0.3, -0.25) is 4.79 Å². The molecule has 0 saturated heterocycles. The van der Waals surface area contributed by atoms with Gasteiger partial charge < -0.3 is 10.3 Å². The molecule has 1 aromatic heterocycles. The molecule has 124 valence electrons. The number of halogens is 2. The summed E-state index contributed by atoms with van der Waals surface area (Å²) in [6, 6.07) is 5.25. The maximum atomic E-state index is 11.3. The lowest BCUT2D eigenvalue weighted by Crippen LogP contribution is -2.23. The van der Waals surface area contributed by atoms with Crippen molar-refractivity contribution >= 4 is 40.9 Å². The maximum absolute atomic E-state index is 11.3. The predicted molar refractivity (Wildman–Crippen MR) is 94.8 cm³/mol. The van der Waals surface area contributed by atoms with Crippen LogP contribution < -0.4 is 5.73 Å². The van der Waals surface area contributed by atoms with Gasteiger partial charge in [-0.05, 0) is 31.0 Å². The number of primary amides is 1. The zero-order valence-corrected chi connectivity index (χ0v) is 15.4. The van der Waals surface area contributed by atoms with E-state index in [-0.39, 0.29) is 5.91 Å². The van der Waals surface area contributed by atoms with Gasteiger partial charge in [0.1, 0.15) is 0 Å². The van der Waals surface area contributed by atoms with Crippen LogP contribution in [0.2, 0.25) is 10.0 Å². The highest BCUT2D eigenvalue weighted by atomic mass is 35.5. The summed E-state index contributed by atoms with van der Waals surface area (Å²) in [5.41, 5.74) is 6.09. The second-order valence-electron chi connectivity index (χ2n) is 5.60. The van der Waals surface area contributed by atoms with Gasteiger partial charge >= 0.3 is 0 Å². The quantitative estimate of drug-likeness (QED) is 0.780. The van der Waals surface area contributed by atoms with E-state index in [9.17, 15) is 4.79 Å². The smallest absolute Gasteiger partial charge is 0.230 e. The highest BCUT2D eigenvalue weighted by molar-refractivity contribution is 8.00. The van der Waals surface area contributed by atoms with Crippen LogP contribution in [0, 0.1) is 5.92 Å². The third-order valence-corrected chi connectivity index (χ3v) is 4.77. The van der Waals surface area contributed by atoms with Crippen LogP contribution >= 0.6 is 35.0 Å². The fourth-order valence-electron chi connectivity index (χ4n) is 1.99. The Hall–Kier alpha value is -1.24. The van der Waals surface area contributed by atoms with E-state index in [1.165, 1.54) is 11.8 Å². The normalized spacial score (nSPS) is 12.6. The summed E-state index contributed by atoms with van der Waals surface area (Å²) in [4.78, 5) is 11.3. The number of hydrogen-bond donors (Lipinski definition) is 1. The second-order valence-corrected chi connectivity index (χ2v) is 7.75. The summed E-state index contributed by atoms with van der Waals surface area (Å²) in [5.74, 6) is 0.638. The summed E-state index contributed by atoms with van der Waals surface area (Å²) < 4.78 is 1.96. The van der Waals surface area contributed by atoms with Crippen molar-refractivity contribution in [2.75, 3.05) is 0 Å². The minimum Gasteiger partial charge on any atom is -0.369 e. The van der Waals surface area contributed by atoms with E-state index in [0.717, 1.165) is 5.56 Å². The minimum atomic E-state index is -0.390. The van der Waals surface area contributed by atoms with Gasteiger partial charge in [-0.1, -0.05) is 48.8 Å². The average molecular weight is 373 g/mol. The molecule has 2 N–H and O–H groups in total. The number of carbonyl (C=O) groups excluding carboxylic acids is 1. The van der Waals surface area contributed by atoms with Gasteiger partial charge in [-0.15, -0.1) is 10.2 Å². The Bertz CT molecular complexity index is 717. The summed E-state index contributed by atoms with van der Waals surface area (Å²) in [6.45, 7) is 6.64. The number of amides is 1. The number of carbonyl (C=O) groups is 1. The van der Waals surface area contributed by atoms with Crippen molar-refractivity contribution in [3.05, 3.63) is 28.2 Å². The van der Waals surface area contributed by atoms with Gasteiger partial charge in [0.05, 0.1) is 10.3 Å². The fourth-order valence-corrected chi connectivity index (χ4v) is 3.29. The number of aromatic nitrogens is 3. The standard InChI is InChI=1S/C15H18Cl2N4OS/c1-8(2)7-21-14(11-5-4-10(16)6-12(11)17)19-20-15(21)23-9(3)13(18)22/h4-6,8-9H,7H2,1-3H3,(H2,18,22)/t9-/m1/s1. The molecule has 23 heavy (non-hydrogen) atoms. The Morgan fingerprint density at radius 2 is 2.00 bits per heavy atom. The first-order valence-electron chi connectivity index (χ1n) is 7.14. The van der Waals surface area contributed by atoms with E-state index in [2.05, 4.69) is 24.0 Å².